The lowest BCUT2D eigenvalue weighted by Gasteiger charge is -2.32. The highest BCUT2D eigenvalue weighted by Crippen LogP contribution is 2.33. The molecular weight excluding hydrogens is 466 g/mol. The molecule has 0 atom stereocenters. The molecule has 0 radical (unpaired) electrons. The zero-order valence-corrected chi connectivity index (χ0v) is 20.5. The summed E-state index contributed by atoms with van der Waals surface area (Å²) in [6, 6.07) is 19.4. The number of hydrogen-bond donors (Lipinski definition) is 2. The number of nitrogens with two attached hydrogens (primary N) is 1. The highest BCUT2D eigenvalue weighted by molar-refractivity contribution is 6.31. The largest absolute Gasteiger partial charge is 0.454 e. The first-order chi connectivity index (χ1) is 16.7. The molecule has 3 aromatic carbocycles. The van der Waals surface area contributed by atoms with Gasteiger partial charge in [-0.25, -0.2) is 0 Å². The molecular formula is C27H28ClN3O4. The molecule has 0 saturated carbocycles. The fourth-order valence-corrected chi connectivity index (χ4v) is 3.93. The summed E-state index contributed by atoms with van der Waals surface area (Å²) in [6.07, 6.45) is 0. The van der Waals surface area contributed by atoms with E-state index in [4.69, 9.17) is 26.8 Å². The van der Waals surface area contributed by atoms with Gasteiger partial charge in [0.05, 0.1) is 0 Å². The van der Waals surface area contributed by atoms with Crippen LogP contribution in [-0.2, 0) is 6.54 Å². The Morgan fingerprint density at radius 3 is 2.46 bits per heavy atom. The molecule has 7 nitrogen and oxygen atoms in total. The molecule has 3 aromatic rings. The van der Waals surface area contributed by atoms with Crippen LogP contribution < -0.4 is 20.5 Å². The maximum atomic E-state index is 13.5. The second-order valence-corrected chi connectivity index (χ2v) is 9.70. The molecule has 8 heteroatoms. The van der Waals surface area contributed by atoms with Crippen LogP contribution in [0.4, 0.5) is 5.69 Å². The first-order valence-electron chi connectivity index (χ1n) is 11.3. The highest BCUT2D eigenvalue weighted by Gasteiger charge is 2.26. The van der Waals surface area contributed by atoms with Gasteiger partial charge in [-0.3, -0.25) is 9.59 Å². The molecule has 0 unspecified atom stereocenters. The second-order valence-electron chi connectivity index (χ2n) is 9.26. The standard InChI is InChI=1S/C27H28ClN3O4/c1-27(2,15-29)16-31(26(33)20-8-11-23-24(13-20)35-17-34-23)14-18-6-9-22(10-7-18)30-25(32)19-4-3-5-21(28)12-19/h3-13H,14-17,29H2,1-2H3,(H,30,32). The third-order valence-electron chi connectivity index (χ3n) is 5.75. The van der Waals surface area contributed by atoms with Gasteiger partial charge in [-0.05, 0) is 66.1 Å². The lowest BCUT2D eigenvalue weighted by Crippen LogP contribution is -2.41. The zero-order chi connectivity index (χ0) is 25.0. The summed E-state index contributed by atoms with van der Waals surface area (Å²) in [4.78, 5) is 27.7. The van der Waals surface area contributed by atoms with Gasteiger partial charge in [0.2, 0.25) is 6.79 Å². The molecule has 0 spiro atoms. The van der Waals surface area contributed by atoms with Crippen molar-refractivity contribution in [2.75, 3.05) is 25.2 Å². The Labute approximate surface area is 209 Å². The number of fused-ring (bicyclic) bond motifs is 1. The van der Waals surface area contributed by atoms with E-state index in [0.29, 0.717) is 53.0 Å². The third kappa shape index (κ3) is 6.12. The van der Waals surface area contributed by atoms with Gasteiger partial charge in [0.1, 0.15) is 0 Å². The summed E-state index contributed by atoms with van der Waals surface area (Å²) in [5.74, 6) is 0.826. The number of amides is 2. The topological polar surface area (TPSA) is 93.9 Å². The molecule has 1 heterocycles. The van der Waals surface area contributed by atoms with E-state index in [0.717, 1.165) is 5.56 Å². The first-order valence-corrected chi connectivity index (χ1v) is 11.7. The molecule has 3 N–H and O–H groups in total. The van der Waals surface area contributed by atoms with E-state index in [-0.39, 0.29) is 24.0 Å². The summed E-state index contributed by atoms with van der Waals surface area (Å²) in [5.41, 5.74) is 8.26. The molecule has 4 rings (SSSR count). The van der Waals surface area contributed by atoms with Crippen molar-refractivity contribution in [3.8, 4) is 11.5 Å². The van der Waals surface area contributed by atoms with E-state index in [1.54, 1.807) is 47.4 Å². The number of halogens is 1. The van der Waals surface area contributed by atoms with Crippen LogP contribution in [0.3, 0.4) is 0 Å². The Kier molecular flexibility index (Phi) is 7.28. The van der Waals surface area contributed by atoms with E-state index in [1.165, 1.54) is 0 Å². The van der Waals surface area contributed by atoms with Gasteiger partial charge in [0.15, 0.2) is 11.5 Å². The number of anilines is 1. The van der Waals surface area contributed by atoms with Crippen LogP contribution in [0.25, 0.3) is 0 Å². The minimum atomic E-state index is -0.267. The predicted octanol–water partition coefficient (Wildman–Crippen LogP) is 4.95. The SMILES string of the molecule is CC(C)(CN)CN(Cc1ccc(NC(=O)c2cccc(Cl)c2)cc1)C(=O)c1ccc2c(c1)OCO2. The summed E-state index contributed by atoms with van der Waals surface area (Å²) >= 11 is 5.98. The van der Waals surface area contributed by atoms with E-state index in [9.17, 15) is 9.59 Å². The van der Waals surface area contributed by atoms with Gasteiger partial charge < -0.3 is 25.4 Å². The Balaban J connectivity index is 1.49. The minimum absolute atomic E-state index is 0.122. The zero-order valence-electron chi connectivity index (χ0n) is 19.7. The number of nitrogens with zero attached hydrogens (tertiary/aromatic N) is 1. The Morgan fingerprint density at radius 1 is 1.00 bits per heavy atom. The number of rotatable bonds is 8. The summed E-state index contributed by atoms with van der Waals surface area (Å²) < 4.78 is 10.8. The molecule has 1 aliphatic heterocycles. The quantitative estimate of drug-likeness (QED) is 0.463. The van der Waals surface area contributed by atoms with Crippen LogP contribution in [0.2, 0.25) is 5.02 Å². The Morgan fingerprint density at radius 2 is 1.74 bits per heavy atom. The van der Waals surface area contributed by atoms with Crippen molar-refractivity contribution < 1.29 is 19.1 Å². The lowest BCUT2D eigenvalue weighted by atomic mass is 9.92. The third-order valence-corrected chi connectivity index (χ3v) is 5.99. The second kappa shape index (κ2) is 10.4. The summed E-state index contributed by atoms with van der Waals surface area (Å²) in [7, 11) is 0. The van der Waals surface area contributed by atoms with Crippen molar-refractivity contribution in [2.24, 2.45) is 11.1 Å². The summed E-state index contributed by atoms with van der Waals surface area (Å²) in [6.45, 7) is 5.51. The first kappa shape index (κ1) is 24.6. The number of hydrogen-bond acceptors (Lipinski definition) is 5. The molecule has 0 aromatic heterocycles. The van der Waals surface area contributed by atoms with Crippen molar-refractivity contribution in [3.63, 3.8) is 0 Å². The van der Waals surface area contributed by atoms with Gasteiger partial charge in [0.25, 0.3) is 11.8 Å². The molecule has 0 fully saturated rings. The van der Waals surface area contributed by atoms with Crippen molar-refractivity contribution >= 4 is 29.1 Å². The van der Waals surface area contributed by atoms with Crippen molar-refractivity contribution in [3.05, 3.63) is 88.4 Å². The molecule has 182 valence electrons. The van der Waals surface area contributed by atoms with Gasteiger partial charge in [0, 0.05) is 34.9 Å². The predicted molar refractivity (Wildman–Crippen MR) is 136 cm³/mol. The number of carbonyl (C=O) groups excluding carboxylic acids is 2. The van der Waals surface area contributed by atoms with Gasteiger partial charge in [-0.1, -0.05) is 43.6 Å². The van der Waals surface area contributed by atoms with E-state index < -0.39 is 0 Å². The maximum Gasteiger partial charge on any atom is 0.255 e. The minimum Gasteiger partial charge on any atom is -0.454 e. The van der Waals surface area contributed by atoms with Gasteiger partial charge >= 0.3 is 0 Å². The smallest absolute Gasteiger partial charge is 0.255 e. The number of benzene rings is 3. The van der Waals surface area contributed by atoms with E-state index >= 15 is 0 Å². The van der Waals surface area contributed by atoms with Crippen LogP contribution in [0.5, 0.6) is 11.5 Å². The van der Waals surface area contributed by atoms with Crippen molar-refractivity contribution in [1.82, 2.24) is 4.90 Å². The van der Waals surface area contributed by atoms with Crippen LogP contribution in [0.15, 0.2) is 66.7 Å². The maximum absolute atomic E-state index is 13.5. The fraction of sp³-hybridized carbons (Fsp3) is 0.259. The Bertz CT molecular complexity index is 1230. The van der Waals surface area contributed by atoms with Crippen LogP contribution in [0, 0.1) is 5.41 Å². The lowest BCUT2D eigenvalue weighted by molar-refractivity contribution is 0.0673. The highest BCUT2D eigenvalue weighted by atomic mass is 35.5. The normalized spacial score (nSPS) is 12.3. The summed E-state index contributed by atoms with van der Waals surface area (Å²) in [5, 5.41) is 3.37. The van der Waals surface area contributed by atoms with Crippen molar-refractivity contribution in [1.29, 1.82) is 0 Å². The van der Waals surface area contributed by atoms with Crippen LogP contribution >= 0.6 is 11.6 Å². The molecule has 1 aliphatic rings. The number of nitrogens with one attached hydrogen (secondary N) is 1. The average molecular weight is 494 g/mol. The molecule has 0 saturated heterocycles. The van der Waals surface area contributed by atoms with Crippen LogP contribution in [0.1, 0.15) is 40.1 Å². The fourth-order valence-electron chi connectivity index (χ4n) is 3.74. The number of carbonyl (C=O) groups is 2. The average Bonchev–Trinajstić information content (AvgIpc) is 3.32. The molecule has 0 bridgehead atoms. The monoisotopic (exact) mass is 493 g/mol. The van der Waals surface area contributed by atoms with Crippen LogP contribution in [-0.4, -0.2) is 36.6 Å². The van der Waals surface area contributed by atoms with Gasteiger partial charge in [-0.15, -0.1) is 0 Å². The van der Waals surface area contributed by atoms with E-state index in [1.807, 2.05) is 38.1 Å². The van der Waals surface area contributed by atoms with E-state index in [2.05, 4.69) is 5.32 Å². The molecule has 2 amide bonds. The Hall–Kier alpha value is -3.55. The van der Waals surface area contributed by atoms with Gasteiger partial charge in [-0.2, -0.15) is 0 Å². The van der Waals surface area contributed by atoms with Crippen molar-refractivity contribution in [2.45, 2.75) is 20.4 Å². The number of ether oxygens (including phenoxy) is 2. The molecule has 35 heavy (non-hydrogen) atoms. The molecule has 0 aliphatic carbocycles.